The summed E-state index contributed by atoms with van der Waals surface area (Å²) in [4.78, 5) is 25.8. The largest absolute Gasteiger partial charge is 0.464 e. The molecule has 0 radical (unpaired) electrons. The summed E-state index contributed by atoms with van der Waals surface area (Å²) in [6, 6.07) is 3.45. The Kier molecular flexibility index (Phi) is 5.63. The van der Waals surface area contributed by atoms with Gasteiger partial charge < -0.3 is 14.6 Å². The fourth-order valence-corrected chi connectivity index (χ4v) is 3.05. The van der Waals surface area contributed by atoms with Crippen LogP contribution in [0.25, 0.3) is 0 Å². The average Bonchev–Trinajstić information content (AvgIpc) is 2.82. The van der Waals surface area contributed by atoms with Crippen LogP contribution in [0.3, 0.4) is 0 Å². The molecule has 1 fully saturated rings. The minimum absolute atomic E-state index is 0.0218. The summed E-state index contributed by atoms with van der Waals surface area (Å²) in [7, 11) is 0. The lowest BCUT2D eigenvalue weighted by atomic mass is 10.1. The highest BCUT2D eigenvalue weighted by molar-refractivity contribution is 5.86. The molecular weight excluding hydrogens is 280 g/mol. The van der Waals surface area contributed by atoms with E-state index < -0.39 is 6.04 Å². The van der Waals surface area contributed by atoms with Gasteiger partial charge in [0.15, 0.2) is 0 Å². The number of likely N-dealkylation sites (tertiary alicyclic amines) is 1. The van der Waals surface area contributed by atoms with Crippen LogP contribution in [0.4, 0.5) is 0 Å². The average molecular weight is 306 g/mol. The maximum atomic E-state index is 12.7. The number of aryl methyl sites for hydroxylation is 1. The van der Waals surface area contributed by atoms with E-state index in [1.54, 1.807) is 6.92 Å². The Hall–Kier alpha value is -1.78. The number of hydrogen-bond acceptors (Lipinski definition) is 3. The molecule has 2 heterocycles. The molecule has 122 valence electrons. The van der Waals surface area contributed by atoms with Gasteiger partial charge in [-0.05, 0) is 31.9 Å². The van der Waals surface area contributed by atoms with Gasteiger partial charge in [0.25, 0.3) is 0 Å². The van der Waals surface area contributed by atoms with Gasteiger partial charge in [0, 0.05) is 19.9 Å². The van der Waals surface area contributed by atoms with Gasteiger partial charge in [0.2, 0.25) is 11.8 Å². The van der Waals surface area contributed by atoms with Crippen molar-refractivity contribution in [3.05, 3.63) is 23.7 Å². The maximum Gasteiger partial charge on any atom is 0.245 e. The number of carbonyl (C=O) groups excluding carboxylic acids is 2. The van der Waals surface area contributed by atoms with E-state index >= 15 is 0 Å². The number of hydrogen-bond donors (Lipinski definition) is 1. The molecule has 1 aromatic rings. The molecule has 0 saturated carbocycles. The molecule has 0 aromatic carbocycles. The molecule has 1 N–H and O–H groups in total. The second-order valence-electron chi connectivity index (χ2n) is 5.98. The van der Waals surface area contributed by atoms with Crippen LogP contribution in [-0.2, 0) is 16.0 Å². The van der Waals surface area contributed by atoms with E-state index in [9.17, 15) is 9.59 Å². The molecular formula is C17H26N2O3. The minimum Gasteiger partial charge on any atom is -0.464 e. The van der Waals surface area contributed by atoms with Crippen LogP contribution in [-0.4, -0.2) is 29.3 Å². The van der Waals surface area contributed by atoms with Gasteiger partial charge in [-0.1, -0.05) is 19.8 Å². The first-order chi connectivity index (χ1) is 10.5. The van der Waals surface area contributed by atoms with E-state index in [4.69, 9.17) is 4.42 Å². The van der Waals surface area contributed by atoms with Gasteiger partial charge in [-0.3, -0.25) is 9.59 Å². The Morgan fingerprint density at radius 1 is 1.36 bits per heavy atom. The minimum atomic E-state index is -0.501. The molecule has 1 aromatic heterocycles. The topological polar surface area (TPSA) is 62.6 Å². The highest BCUT2D eigenvalue weighted by Crippen LogP contribution is 2.31. The molecule has 2 rings (SSSR count). The van der Waals surface area contributed by atoms with Crippen molar-refractivity contribution in [1.82, 2.24) is 10.2 Å². The van der Waals surface area contributed by atoms with Gasteiger partial charge in [-0.15, -0.1) is 0 Å². The molecule has 0 aliphatic carbocycles. The fourth-order valence-electron chi connectivity index (χ4n) is 3.05. The predicted molar refractivity (Wildman–Crippen MR) is 84.3 cm³/mol. The monoisotopic (exact) mass is 306 g/mol. The van der Waals surface area contributed by atoms with Crippen LogP contribution < -0.4 is 5.32 Å². The summed E-state index contributed by atoms with van der Waals surface area (Å²) in [5.41, 5.74) is 0. The predicted octanol–water partition coefficient (Wildman–Crippen LogP) is 2.81. The van der Waals surface area contributed by atoms with E-state index in [2.05, 4.69) is 12.2 Å². The van der Waals surface area contributed by atoms with Crippen molar-refractivity contribution in [1.29, 1.82) is 0 Å². The summed E-state index contributed by atoms with van der Waals surface area (Å²) < 4.78 is 5.89. The van der Waals surface area contributed by atoms with Gasteiger partial charge >= 0.3 is 0 Å². The smallest absolute Gasteiger partial charge is 0.245 e. The van der Waals surface area contributed by atoms with Crippen molar-refractivity contribution in [2.45, 2.75) is 65.0 Å². The molecule has 1 saturated heterocycles. The summed E-state index contributed by atoms with van der Waals surface area (Å²) in [6.45, 7) is 5.95. The number of carbonyl (C=O) groups is 2. The molecule has 22 heavy (non-hydrogen) atoms. The molecule has 1 aliphatic heterocycles. The molecule has 1 aliphatic rings. The third kappa shape index (κ3) is 3.90. The Morgan fingerprint density at radius 3 is 2.77 bits per heavy atom. The van der Waals surface area contributed by atoms with Crippen LogP contribution in [0.5, 0.6) is 0 Å². The van der Waals surface area contributed by atoms with Gasteiger partial charge in [0.05, 0.1) is 6.04 Å². The van der Waals surface area contributed by atoms with E-state index in [1.807, 2.05) is 17.0 Å². The number of amides is 2. The fraction of sp³-hybridized carbons (Fsp3) is 0.647. The normalized spacial score (nSPS) is 20.3. The maximum absolute atomic E-state index is 12.7. The molecule has 5 nitrogen and oxygen atoms in total. The van der Waals surface area contributed by atoms with Crippen LogP contribution in [0, 0.1) is 0 Å². The molecule has 5 heteroatoms. The molecule has 0 bridgehead atoms. The molecule has 2 amide bonds. The van der Waals surface area contributed by atoms with Gasteiger partial charge in [-0.2, -0.15) is 0 Å². The van der Waals surface area contributed by atoms with Crippen molar-refractivity contribution >= 4 is 11.8 Å². The Labute approximate surface area is 132 Å². The summed E-state index contributed by atoms with van der Waals surface area (Å²) in [6.07, 6.45) is 4.97. The van der Waals surface area contributed by atoms with Crippen LogP contribution in [0.2, 0.25) is 0 Å². The number of rotatable bonds is 4. The third-order valence-electron chi connectivity index (χ3n) is 4.19. The van der Waals surface area contributed by atoms with Crippen molar-refractivity contribution in [2.75, 3.05) is 6.54 Å². The van der Waals surface area contributed by atoms with Gasteiger partial charge in [-0.25, -0.2) is 0 Å². The molecule has 0 unspecified atom stereocenters. The Morgan fingerprint density at radius 2 is 2.14 bits per heavy atom. The zero-order valence-electron chi connectivity index (χ0n) is 13.7. The zero-order chi connectivity index (χ0) is 16.1. The van der Waals surface area contributed by atoms with Crippen LogP contribution in [0.1, 0.15) is 64.0 Å². The van der Waals surface area contributed by atoms with Crippen LogP contribution in [0.15, 0.2) is 16.5 Å². The van der Waals surface area contributed by atoms with Crippen molar-refractivity contribution in [2.24, 2.45) is 0 Å². The van der Waals surface area contributed by atoms with Crippen molar-refractivity contribution in [3.8, 4) is 0 Å². The molecule has 2 atom stereocenters. The van der Waals surface area contributed by atoms with Crippen molar-refractivity contribution < 1.29 is 14.0 Å². The Balaban J connectivity index is 2.19. The van der Waals surface area contributed by atoms with E-state index in [1.165, 1.54) is 6.92 Å². The zero-order valence-corrected chi connectivity index (χ0v) is 13.7. The standard InChI is InChI=1S/C17H26N2O3/c1-4-14-9-10-16(22-14)15-8-6-5-7-11-19(15)17(21)12(2)18-13(3)20/h9-10,12,15H,4-8,11H2,1-3H3,(H,18,20)/t12-,15+/m1/s1. The van der Waals surface area contributed by atoms with Crippen LogP contribution >= 0.6 is 0 Å². The lowest BCUT2D eigenvalue weighted by Crippen LogP contribution is -2.47. The van der Waals surface area contributed by atoms with E-state index in [0.717, 1.165) is 50.2 Å². The second kappa shape index (κ2) is 7.47. The van der Waals surface area contributed by atoms with Gasteiger partial charge in [0.1, 0.15) is 17.6 Å². The summed E-state index contributed by atoms with van der Waals surface area (Å²) in [5.74, 6) is 1.60. The number of furan rings is 1. The van der Waals surface area contributed by atoms with E-state index in [0.29, 0.717) is 0 Å². The highest BCUT2D eigenvalue weighted by atomic mass is 16.3. The quantitative estimate of drug-likeness (QED) is 0.930. The third-order valence-corrected chi connectivity index (χ3v) is 4.19. The first-order valence-electron chi connectivity index (χ1n) is 8.19. The van der Waals surface area contributed by atoms with E-state index in [-0.39, 0.29) is 17.9 Å². The first kappa shape index (κ1) is 16.6. The Bertz CT molecular complexity index is 524. The SMILES string of the molecule is CCc1ccc([C@@H]2CCCCCN2C(=O)[C@@H](C)NC(C)=O)o1. The first-order valence-corrected chi connectivity index (χ1v) is 8.19. The summed E-state index contributed by atoms with van der Waals surface area (Å²) in [5, 5.41) is 2.69. The summed E-state index contributed by atoms with van der Waals surface area (Å²) >= 11 is 0. The van der Waals surface area contributed by atoms with Crippen molar-refractivity contribution in [3.63, 3.8) is 0 Å². The lowest BCUT2D eigenvalue weighted by molar-refractivity contribution is -0.138. The lowest BCUT2D eigenvalue weighted by Gasteiger charge is -2.31. The molecule has 0 spiro atoms. The second-order valence-corrected chi connectivity index (χ2v) is 5.98. The highest BCUT2D eigenvalue weighted by Gasteiger charge is 2.31. The number of nitrogens with zero attached hydrogens (tertiary/aromatic N) is 1. The number of nitrogens with one attached hydrogen (secondary N) is 1.